The lowest BCUT2D eigenvalue weighted by molar-refractivity contribution is 0.101. The first kappa shape index (κ1) is 20.2. The monoisotopic (exact) mass is 442 g/mol. The van der Waals surface area contributed by atoms with E-state index >= 15 is 0 Å². The second kappa shape index (κ2) is 8.42. The second-order valence-corrected chi connectivity index (χ2v) is 7.20. The molecule has 0 unspecified atom stereocenters. The standard InChI is InChI=1S/C23H18N6O4/c1-14-12-15(2)29(27-14)21-9-10-22(26-25-21)32-17-7-5-16(6-8-17)24-23(30)18-13-20(33-28-18)19-4-3-11-31-19/h3-13H,1-2H3,(H,24,30). The number of nitrogens with zero attached hydrogens (tertiary/aromatic N) is 5. The number of anilines is 1. The molecule has 0 aliphatic heterocycles. The van der Waals surface area contributed by atoms with Crippen LogP contribution < -0.4 is 10.1 Å². The molecule has 0 aliphatic rings. The van der Waals surface area contributed by atoms with E-state index in [-0.39, 0.29) is 5.69 Å². The molecule has 164 valence electrons. The molecule has 10 nitrogen and oxygen atoms in total. The van der Waals surface area contributed by atoms with Crippen molar-refractivity contribution in [2.24, 2.45) is 0 Å². The zero-order valence-electron chi connectivity index (χ0n) is 17.7. The van der Waals surface area contributed by atoms with Gasteiger partial charge in [-0.15, -0.1) is 10.2 Å². The summed E-state index contributed by atoms with van der Waals surface area (Å²) in [5, 5.41) is 19.2. The van der Waals surface area contributed by atoms with Crippen LogP contribution in [0.25, 0.3) is 17.3 Å². The molecule has 10 heteroatoms. The number of amides is 1. The van der Waals surface area contributed by atoms with Crippen molar-refractivity contribution in [3.8, 4) is 29.0 Å². The molecule has 0 spiro atoms. The van der Waals surface area contributed by atoms with Gasteiger partial charge in [0.25, 0.3) is 5.91 Å². The van der Waals surface area contributed by atoms with Gasteiger partial charge >= 0.3 is 0 Å². The predicted molar refractivity (Wildman–Crippen MR) is 117 cm³/mol. The van der Waals surface area contributed by atoms with Crippen molar-refractivity contribution >= 4 is 11.6 Å². The Morgan fingerprint density at radius 3 is 2.52 bits per heavy atom. The lowest BCUT2D eigenvalue weighted by Crippen LogP contribution is -2.11. The van der Waals surface area contributed by atoms with Gasteiger partial charge in [-0.25, -0.2) is 4.68 Å². The van der Waals surface area contributed by atoms with E-state index in [1.54, 1.807) is 53.2 Å². The number of aromatic nitrogens is 5. The summed E-state index contributed by atoms with van der Waals surface area (Å²) in [4.78, 5) is 12.4. The van der Waals surface area contributed by atoms with E-state index in [9.17, 15) is 4.79 Å². The minimum atomic E-state index is -0.407. The van der Waals surface area contributed by atoms with E-state index in [1.165, 1.54) is 12.3 Å². The Morgan fingerprint density at radius 1 is 1.00 bits per heavy atom. The Hall–Kier alpha value is -4.73. The van der Waals surface area contributed by atoms with Gasteiger partial charge in [0.15, 0.2) is 17.3 Å². The third kappa shape index (κ3) is 4.35. The van der Waals surface area contributed by atoms with Crippen LogP contribution in [0, 0.1) is 13.8 Å². The minimum Gasteiger partial charge on any atom is -0.461 e. The van der Waals surface area contributed by atoms with E-state index in [0.717, 1.165) is 11.4 Å². The average Bonchev–Trinajstić information content (AvgIpc) is 3.56. The molecule has 1 N–H and O–H groups in total. The van der Waals surface area contributed by atoms with Gasteiger partial charge in [-0.3, -0.25) is 4.79 Å². The zero-order chi connectivity index (χ0) is 22.8. The van der Waals surface area contributed by atoms with Crippen LogP contribution in [0.5, 0.6) is 11.6 Å². The van der Waals surface area contributed by atoms with E-state index in [0.29, 0.717) is 34.7 Å². The van der Waals surface area contributed by atoms with E-state index in [1.807, 2.05) is 19.9 Å². The van der Waals surface area contributed by atoms with Crippen LogP contribution in [-0.2, 0) is 0 Å². The molecule has 0 fully saturated rings. The molecule has 5 aromatic rings. The molecule has 5 rings (SSSR count). The fraction of sp³-hybridized carbons (Fsp3) is 0.0870. The summed E-state index contributed by atoms with van der Waals surface area (Å²) in [6.07, 6.45) is 1.52. The number of nitrogens with one attached hydrogen (secondary N) is 1. The number of aryl methyl sites for hydroxylation is 2. The van der Waals surface area contributed by atoms with E-state index < -0.39 is 5.91 Å². The van der Waals surface area contributed by atoms with Crippen molar-refractivity contribution in [2.75, 3.05) is 5.32 Å². The van der Waals surface area contributed by atoms with Crippen molar-refractivity contribution in [3.63, 3.8) is 0 Å². The van der Waals surface area contributed by atoms with Crippen LogP contribution in [0.2, 0.25) is 0 Å². The Labute approximate surface area is 187 Å². The molecule has 0 saturated carbocycles. The van der Waals surface area contributed by atoms with E-state index in [2.05, 4.69) is 25.8 Å². The smallest absolute Gasteiger partial charge is 0.277 e. The zero-order valence-corrected chi connectivity index (χ0v) is 17.7. The predicted octanol–water partition coefficient (Wildman–Crippen LogP) is 4.57. The number of hydrogen-bond acceptors (Lipinski definition) is 8. The van der Waals surface area contributed by atoms with Crippen molar-refractivity contribution < 1.29 is 18.5 Å². The minimum absolute atomic E-state index is 0.139. The summed E-state index contributed by atoms with van der Waals surface area (Å²) >= 11 is 0. The molecular weight excluding hydrogens is 424 g/mol. The van der Waals surface area contributed by atoms with Crippen LogP contribution in [0.15, 0.2) is 75.9 Å². The largest absolute Gasteiger partial charge is 0.461 e. The maximum atomic E-state index is 12.4. The quantitative estimate of drug-likeness (QED) is 0.406. The fourth-order valence-corrected chi connectivity index (χ4v) is 3.18. The average molecular weight is 442 g/mol. The van der Waals surface area contributed by atoms with Gasteiger partial charge in [-0.1, -0.05) is 5.16 Å². The number of carbonyl (C=O) groups excluding carboxylic acids is 1. The van der Waals surface area contributed by atoms with Gasteiger partial charge < -0.3 is 19.0 Å². The summed E-state index contributed by atoms with van der Waals surface area (Å²) in [6.45, 7) is 3.87. The first-order valence-corrected chi connectivity index (χ1v) is 10.0. The number of rotatable bonds is 6. The van der Waals surface area contributed by atoms with Crippen LogP contribution >= 0.6 is 0 Å². The van der Waals surface area contributed by atoms with Gasteiger partial charge in [0, 0.05) is 23.5 Å². The van der Waals surface area contributed by atoms with Crippen LogP contribution in [0.4, 0.5) is 5.69 Å². The number of hydrogen-bond donors (Lipinski definition) is 1. The van der Waals surface area contributed by atoms with Crippen LogP contribution in [-0.4, -0.2) is 31.0 Å². The Kier molecular flexibility index (Phi) is 5.15. The molecule has 0 aliphatic carbocycles. The summed E-state index contributed by atoms with van der Waals surface area (Å²) in [6, 6.07) is 17.3. The summed E-state index contributed by atoms with van der Waals surface area (Å²) in [5.41, 5.74) is 2.58. The first-order valence-electron chi connectivity index (χ1n) is 10.0. The molecule has 33 heavy (non-hydrogen) atoms. The lowest BCUT2D eigenvalue weighted by Gasteiger charge is -2.07. The molecular formula is C23H18N6O4. The van der Waals surface area contributed by atoms with Gasteiger partial charge in [0.1, 0.15) is 5.75 Å². The molecule has 0 atom stereocenters. The maximum absolute atomic E-state index is 12.4. The fourth-order valence-electron chi connectivity index (χ4n) is 3.18. The van der Waals surface area contributed by atoms with Gasteiger partial charge in [-0.2, -0.15) is 5.10 Å². The number of ether oxygens (including phenoxy) is 1. The Balaban J connectivity index is 1.22. The molecule has 0 radical (unpaired) electrons. The normalized spacial score (nSPS) is 10.8. The number of carbonyl (C=O) groups is 1. The molecule has 1 aromatic carbocycles. The lowest BCUT2D eigenvalue weighted by atomic mass is 10.2. The van der Waals surface area contributed by atoms with Crippen molar-refractivity contribution in [3.05, 3.63) is 84.0 Å². The van der Waals surface area contributed by atoms with Crippen molar-refractivity contribution in [2.45, 2.75) is 13.8 Å². The summed E-state index contributed by atoms with van der Waals surface area (Å²) < 4.78 is 17.8. The van der Waals surface area contributed by atoms with E-state index in [4.69, 9.17) is 13.7 Å². The molecule has 4 aromatic heterocycles. The van der Waals surface area contributed by atoms with Crippen molar-refractivity contribution in [1.82, 2.24) is 25.1 Å². The van der Waals surface area contributed by atoms with Gasteiger partial charge in [0.2, 0.25) is 11.6 Å². The number of furan rings is 1. The topological polar surface area (TPSA) is 121 Å². The summed E-state index contributed by atoms with van der Waals surface area (Å²) in [5.74, 6) is 1.95. The number of benzene rings is 1. The third-order valence-electron chi connectivity index (χ3n) is 4.69. The summed E-state index contributed by atoms with van der Waals surface area (Å²) in [7, 11) is 0. The molecule has 0 saturated heterocycles. The Morgan fingerprint density at radius 2 is 1.85 bits per heavy atom. The first-order chi connectivity index (χ1) is 16.0. The van der Waals surface area contributed by atoms with Crippen molar-refractivity contribution in [1.29, 1.82) is 0 Å². The highest BCUT2D eigenvalue weighted by Gasteiger charge is 2.15. The highest BCUT2D eigenvalue weighted by molar-refractivity contribution is 6.03. The Bertz CT molecular complexity index is 1390. The highest BCUT2D eigenvalue weighted by Crippen LogP contribution is 2.23. The second-order valence-electron chi connectivity index (χ2n) is 7.20. The van der Waals surface area contributed by atoms with Gasteiger partial charge in [-0.05, 0) is 62.4 Å². The van der Waals surface area contributed by atoms with Crippen LogP contribution in [0.3, 0.4) is 0 Å². The molecule has 4 heterocycles. The SMILES string of the molecule is Cc1cc(C)n(-c2ccc(Oc3ccc(NC(=O)c4cc(-c5ccco5)on4)cc3)nn2)n1. The van der Waals surface area contributed by atoms with Gasteiger partial charge in [0.05, 0.1) is 12.0 Å². The molecule has 0 bridgehead atoms. The van der Waals surface area contributed by atoms with Crippen LogP contribution in [0.1, 0.15) is 21.9 Å². The highest BCUT2D eigenvalue weighted by atomic mass is 16.5. The maximum Gasteiger partial charge on any atom is 0.277 e. The molecule has 1 amide bonds. The third-order valence-corrected chi connectivity index (χ3v) is 4.69.